The fourth-order valence-corrected chi connectivity index (χ4v) is 2.78. The molecular weight excluding hydrogens is 280 g/mol. The molecule has 0 fully saturated rings. The summed E-state index contributed by atoms with van der Waals surface area (Å²) in [6.45, 7) is 4.57. The van der Waals surface area contributed by atoms with Crippen LogP contribution in [0.1, 0.15) is 31.4 Å². The fraction of sp³-hybridized carbons (Fsp3) is 0.529. The third kappa shape index (κ3) is 3.85. The van der Waals surface area contributed by atoms with Crippen LogP contribution in [0, 0.1) is 5.92 Å². The molecule has 2 rings (SSSR count). The minimum Gasteiger partial charge on any atom is -0.395 e. The third-order valence-electron chi connectivity index (χ3n) is 3.87. The highest BCUT2D eigenvalue weighted by atomic mass is 16.3. The summed E-state index contributed by atoms with van der Waals surface area (Å²) in [6.07, 6.45) is 0.962. The van der Waals surface area contributed by atoms with E-state index >= 15 is 0 Å². The highest BCUT2D eigenvalue weighted by molar-refractivity contribution is 5.88. The number of hydrogen-bond donors (Lipinski definition) is 2. The molecule has 0 saturated carbocycles. The lowest BCUT2D eigenvalue weighted by molar-refractivity contribution is -0.142. The van der Waals surface area contributed by atoms with Crippen molar-refractivity contribution in [2.24, 2.45) is 5.92 Å². The number of carbonyl (C=O) groups is 2. The number of rotatable bonds is 5. The topological polar surface area (TPSA) is 69.6 Å². The molecule has 1 heterocycles. The van der Waals surface area contributed by atoms with Crippen LogP contribution in [0.3, 0.4) is 0 Å². The maximum Gasteiger partial charge on any atom is 0.243 e. The van der Waals surface area contributed by atoms with Gasteiger partial charge in [-0.05, 0) is 17.0 Å². The van der Waals surface area contributed by atoms with E-state index in [1.165, 1.54) is 0 Å². The number of aliphatic hydroxyl groups is 1. The first-order chi connectivity index (χ1) is 10.5. The standard InChI is InChI=1S/C17H24N2O3/c1-12(2)9-16(21)19-11-14-6-4-3-5-13(14)10-15(19)17(22)18-7-8-20/h3-6,12,15,20H,7-11H2,1-2H3,(H,18,22). The van der Waals surface area contributed by atoms with Crippen LogP contribution in [0.15, 0.2) is 24.3 Å². The van der Waals surface area contributed by atoms with Gasteiger partial charge in [0, 0.05) is 25.9 Å². The van der Waals surface area contributed by atoms with E-state index in [1.54, 1.807) is 4.90 Å². The van der Waals surface area contributed by atoms with Gasteiger partial charge in [0.05, 0.1) is 6.61 Å². The molecule has 0 aliphatic carbocycles. The van der Waals surface area contributed by atoms with Crippen LogP contribution in [-0.4, -0.2) is 41.0 Å². The summed E-state index contributed by atoms with van der Waals surface area (Å²) in [5.41, 5.74) is 2.21. The third-order valence-corrected chi connectivity index (χ3v) is 3.87. The molecule has 22 heavy (non-hydrogen) atoms. The van der Waals surface area contributed by atoms with Crippen molar-refractivity contribution in [3.05, 3.63) is 35.4 Å². The molecule has 1 aromatic carbocycles. The van der Waals surface area contributed by atoms with Crippen LogP contribution in [0.2, 0.25) is 0 Å². The first-order valence-corrected chi connectivity index (χ1v) is 7.77. The summed E-state index contributed by atoms with van der Waals surface area (Å²) in [5.74, 6) is 0.0696. The quantitative estimate of drug-likeness (QED) is 0.855. The molecule has 5 heteroatoms. The monoisotopic (exact) mass is 304 g/mol. The summed E-state index contributed by atoms with van der Waals surface area (Å²) in [7, 11) is 0. The van der Waals surface area contributed by atoms with Crippen LogP contribution in [0.25, 0.3) is 0 Å². The molecule has 0 bridgehead atoms. The molecule has 5 nitrogen and oxygen atoms in total. The Kier molecular flexibility index (Phi) is 5.55. The number of carbonyl (C=O) groups excluding carboxylic acids is 2. The van der Waals surface area contributed by atoms with Crippen molar-refractivity contribution in [3.63, 3.8) is 0 Å². The van der Waals surface area contributed by atoms with Crippen LogP contribution in [-0.2, 0) is 22.6 Å². The van der Waals surface area contributed by atoms with Crippen LogP contribution < -0.4 is 5.32 Å². The lowest BCUT2D eigenvalue weighted by atomic mass is 9.92. The molecule has 2 amide bonds. The molecule has 2 N–H and O–H groups in total. The van der Waals surface area contributed by atoms with E-state index in [1.807, 2.05) is 38.1 Å². The summed E-state index contributed by atoms with van der Waals surface area (Å²) in [6, 6.07) is 7.43. The van der Waals surface area contributed by atoms with E-state index in [0.717, 1.165) is 11.1 Å². The van der Waals surface area contributed by atoms with E-state index < -0.39 is 6.04 Å². The molecule has 1 unspecified atom stereocenters. The van der Waals surface area contributed by atoms with E-state index in [2.05, 4.69) is 5.32 Å². The predicted molar refractivity (Wildman–Crippen MR) is 84.0 cm³/mol. The summed E-state index contributed by atoms with van der Waals surface area (Å²) >= 11 is 0. The molecule has 0 saturated heterocycles. The Balaban J connectivity index is 2.22. The van der Waals surface area contributed by atoms with Crippen molar-refractivity contribution in [1.29, 1.82) is 0 Å². The first-order valence-electron chi connectivity index (χ1n) is 7.77. The van der Waals surface area contributed by atoms with Gasteiger partial charge in [0.1, 0.15) is 6.04 Å². The lowest BCUT2D eigenvalue weighted by Gasteiger charge is -2.36. The lowest BCUT2D eigenvalue weighted by Crippen LogP contribution is -2.53. The Morgan fingerprint density at radius 3 is 2.64 bits per heavy atom. The van der Waals surface area contributed by atoms with Gasteiger partial charge in [-0.15, -0.1) is 0 Å². The van der Waals surface area contributed by atoms with E-state index in [-0.39, 0.29) is 30.9 Å². The zero-order valence-electron chi connectivity index (χ0n) is 13.2. The molecule has 1 aliphatic heterocycles. The molecule has 1 atom stereocenters. The Labute approximate surface area is 131 Å². The summed E-state index contributed by atoms with van der Waals surface area (Å²) in [5, 5.41) is 11.6. The molecule has 1 aromatic rings. The van der Waals surface area contributed by atoms with Gasteiger partial charge in [-0.25, -0.2) is 0 Å². The highest BCUT2D eigenvalue weighted by Gasteiger charge is 2.34. The molecule has 0 aromatic heterocycles. The van der Waals surface area contributed by atoms with Gasteiger partial charge in [0.2, 0.25) is 11.8 Å². The smallest absolute Gasteiger partial charge is 0.243 e. The van der Waals surface area contributed by atoms with Gasteiger partial charge < -0.3 is 15.3 Å². The number of hydrogen-bond acceptors (Lipinski definition) is 3. The summed E-state index contributed by atoms with van der Waals surface area (Å²) in [4.78, 5) is 26.5. The Hall–Kier alpha value is -1.88. The molecular formula is C17H24N2O3. The van der Waals surface area contributed by atoms with E-state index in [4.69, 9.17) is 5.11 Å². The van der Waals surface area contributed by atoms with E-state index in [9.17, 15) is 9.59 Å². The van der Waals surface area contributed by atoms with Crippen molar-refractivity contribution in [2.75, 3.05) is 13.2 Å². The average Bonchev–Trinajstić information content (AvgIpc) is 2.50. The second-order valence-electron chi connectivity index (χ2n) is 6.12. The normalized spacial score (nSPS) is 17.3. The zero-order chi connectivity index (χ0) is 16.1. The van der Waals surface area contributed by atoms with Gasteiger partial charge in [-0.1, -0.05) is 38.1 Å². The Morgan fingerprint density at radius 1 is 1.32 bits per heavy atom. The number of nitrogens with zero attached hydrogens (tertiary/aromatic N) is 1. The fourth-order valence-electron chi connectivity index (χ4n) is 2.78. The van der Waals surface area contributed by atoms with Gasteiger partial charge in [0.25, 0.3) is 0 Å². The number of benzene rings is 1. The van der Waals surface area contributed by atoms with Crippen molar-refractivity contribution in [3.8, 4) is 0 Å². The zero-order valence-corrected chi connectivity index (χ0v) is 13.2. The SMILES string of the molecule is CC(C)CC(=O)N1Cc2ccccc2CC1C(=O)NCCO. The number of fused-ring (bicyclic) bond motifs is 1. The van der Waals surface area contributed by atoms with Gasteiger partial charge >= 0.3 is 0 Å². The minimum absolute atomic E-state index is 0.00801. The Morgan fingerprint density at radius 2 is 2.00 bits per heavy atom. The maximum absolute atomic E-state index is 12.5. The minimum atomic E-state index is -0.493. The number of nitrogens with one attached hydrogen (secondary N) is 1. The van der Waals surface area contributed by atoms with Crippen molar-refractivity contribution in [2.45, 2.75) is 39.3 Å². The summed E-state index contributed by atoms with van der Waals surface area (Å²) < 4.78 is 0. The van der Waals surface area contributed by atoms with Crippen molar-refractivity contribution >= 4 is 11.8 Å². The van der Waals surface area contributed by atoms with Crippen LogP contribution in [0.5, 0.6) is 0 Å². The maximum atomic E-state index is 12.5. The van der Waals surface area contributed by atoms with Gasteiger partial charge in [-0.3, -0.25) is 9.59 Å². The predicted octanol–water partition coefficient (Wildman–Crippen LogP) is 1.09. The largest absolute Gasteiger partial charge is 0.395 e. The van der Waals surface area contributed by atoms with Crippen LogP contribution >= 0.6 is 0 Å². The molecule has 0 radical (unpaired) electrons. The van der Waals surface area contributed by atoms with Crippen molar-refractivity contribution < 1.29 is 14.7 Å². The second kappa shape index (κ2) is 7.40. The van der Waals surface area contributed by atoms with Gasteiger partial charge in [0.15, 0.2) is 0 Å². The van der Waals surface area contributed by atoms with Crippen molar-refractivity contribution in [1.82, 2.24) is 10.2 Å². The van der Waals surface area contributed by atoms with E-state index in [0.29, 0.717) is 19.4 Å². The average molecular weight is 304 g/mol. The highest BCUT2D eigenvalue weighted by Crippen LogP contribution is 2.24. The molecule has 120 valence electrons. The first kappa shape index (κ1) is 16.5. The molecule has 0 spiro atoms. The Bertz CT molecular complexity index is 542. The van der Waals surface area contributed by atoms with Gasteiger partial charge in [-0.2, -0.15) is 0 Å². The number of aliphatic hydroxyl groups excluding tert-OH is 1. The molecule has 1 aliphatic rings. The number of amides is 2. The van der Waals surface area contributed by atoms with Crippen LogP contribution in [0.4, 0.5) is 0 Å². The second-order valence-corrected chi connectivity index (χ2v) is 6.12.